The first-order chi connectivity index (χ1) is 43.3. The smallest absolute Gasteiger partial charge is 0.462 e. The molecule has 3 N–H and O–H groups in total. The molecular weight excluding hydrogens is 1190 g/mol. The maximum absolute atomic E-state index is 13.0. The van der Waals surface area contributed by atoms with Gasteiger partial charge in [0.1, 0.15) is 19.3 Å². The van der Waals surface area contributed by atoms with Gasteiger partial charge in [0.2, 0.25) is 0 Å². The lowest BCUT2D eigenvalue weighted by Crippen LogP contribution is -2.30. The zero-order valence-corrected chi connectivity index (χ0v) is 60.4. The van der Waals surface area contributed by atoms with E-state index in [9.17, 15) is 43.2 Å². The second-order valence-corrected chi connectivity index (χ2v) is 29.7. The van der Waals surface area contributed by atoms with Crippen LogP contribution >= 0.6 is 15.6 Å². The number of aliphatic hydroxyl groups excluding tert-OH is 1. The third-order valence-electron chi connectivity index (χ3n) is 16.7. The number of phosphoric ester groups is 2. The van der Waals surface area contributed by atoms with Gasteiger partial charge >= 0.3 is 39.5 Å². The number of hydrogen-bond donors (Lipinski definition) is 3. The van der Waals surface area contributed by atoms with E-state index in [2.05, 4.69) is 48.5 Å². The quantitative estimate of drug-likeness (QED) is 0.0222. The van der Waals surface area contributed by atoms with Crippen molar-refractivity contribution in [3.63, 3.8) is 0 Å². The highest BCUT2D eigenvalue weighted by molar-refractivity contribution is 7.47. The molecule has 19 heteroatoms. The predicted molar refractivity (Wildman–Crippen MR) is 363 cm³/mol. The molecule has 0 heterocycles. The average molecular weight is 1330 g/mol. The van der Waals surface area contributed by atoms with E-state index in [0.29, 0.717) is 37.5 Å². The van der Waals surface area contributed by atoms with Gasteiger partial charge in [0.05, 0.1) is 26.4 Å². The van der Waals surface area contributed by atoms with Crippen LogP contribution in [0.25, 0.3) is 0 Å². The number of unbranched alkanes of at least 4 members (excludes halogenated alkanes) is 36. The summed E-state index contributed by atoms with van der Waals surface area (Å²) in [6.07, 6.45) is 46.2. The molecule has 0 bridgehead atoms. The Hall–Kier alpha value is -1.94. The molecule has 0 aliphatic carbocycles. The number of carbonyl (C=O) groups excluding carboxylic acids is 4. The summed E-state index contributed by atoms with van der Waals surface area (Å²) in [7, 11) is -9.90. The van der Waals surface area contributed by atoms with Crippen molar-refractivity contribution in [3.8, 4) is 0 Å². The molecular formula is C71H138O17P2. The predicted octanol–water partition coefficient (Wildman–Crippen LogP) is 20.2. The molecule has 3 unspecified atom stereocenters. The molecule has 0 amide bonds. The number of hydrogen-bond acceptors (Lipinski definition) is 15. The van der Waals surface area contributed by atoms with Crippen molar-refractivity contribution in [1.82, 2.24) is 0 Å². The van der Waals surface area contributed by atoms with E-state index in [1.165, 1.54) is 161 Å². The average Bonchev–Trinajstić information content (AvgIpc) is 3.15. The Labute approximate surface area is 549 Å². The van der Waals surface area contributed by atoms with Gasteiger partial charge < -0.3 is 33.8 Å². The second-order valence-electron chi connectivity index (χ2n) is 26.8. The van der Waals surface area contributed by atoms with Gasteiger partial charge in [-0.15, -0.1) is 0 Å². The molecule has 17 nitrogen and oxygen atoms in total. The third kappa shape index (κ3) is 63.5. The first kappa shape index (κ1) is 88.1. The van der Waals surface area contributed by atoms with Crippen LogP contribution in [0.2, 0.25) is 0 Å². The molecule has 534 valence electrons. The van der Waals surface area contributed by atoms with Crippen molar-refractivity contribution in [2.75, 3.05) is 39.6 Å². The Bertz CT molecular complexity index is 1770. The van der Waals surface area contributed by atoms with Crippen LogP contribution in [0.3, 0.4) is 0 Å². The Morgan fingerprint density at radius 3 is 0.844 bits per heavy atom. The molecule has 90 heavy (non-hydrogen) atoms. The molecule has 0 saturated carbocycles. The van der Waals surface area contributed by atoms with Crippen LogP contribution in [0.4, 0.5) is 0 Å². The van der Waals surface area contributed by atoms with Crippen LogP contribution in [0.15, 0.2) is 0 Å². The minimum absolute atomic E-state index is 0.102. The molecule has 0 aliphatic heterocycles. The molecule has 0 aromatic heterocycles. The van der Waals surface area contributed by atoms with E-state index in [4.69, 9.17) is 37.0 Å². The van der Waals surface area contributed by atoms with E-state index in [1.54, 1.807) is 0 Å². The van der Waals surface area contributed by atoms with E-state index in [-0.39, 0.29) is 25.7 Å². The fourth-order valence-corrected chi connectivity index (χ4v) is 12.3. The normalized spacial score (nSPS) is 14.5. The summed E-state index contributed by atoms with van der Waals surface area (Å²) in [6, 6.07) is 0. The number of phosphoric acid groups is 2. The zero-order chi connectivity index (χ0) is 66.6. The SMILES string of the molecule is CCCCCCCCCCCC(=O)OC[C@H](COP(=O)(O)OC[C@H](O)COP(=O)(O)OC[C@@H](COC(=O)CCCCCCCCCC(C)C)OC(=O)CCCCCCCCCCCCCCCCCCCCC(C)CC)OC(=O)CCCCCCCCC(C)C. The van der Waals surface area contributed by atoms with E-state index in [0.717, 1.165) is 102 Å². The van der Waals surface area contributed by atoms with Gasteiger partial charge in [0.15, 0.2) is 12.2 Å². The van der Waals surface area contributed by atoms with Crippen LogP contribution in [0.5, 0.6) is 0 Å². The fraction of sp³-hybridized carbons (Fsp3) is 0.944. The van der Waals surface area contributed by atoms with Gasteiger partial charge in [0, 0.05) is 25.7 Å². The number of ether oxygens (including phenoxy) is 4. The standard InChI is InChI=1S/C71H138O17P2/c1-8-10-11-12-13-24-30-38-45-52-68(73)81-59-67(88-71(76)55-48-41-34-33-36-43-50-63(5)6)61-86-90(79,80)84-57-65(72)56-83-89(77,78)85-60-66(58-82-69(74)53-46-39-32-27-28-35-42-49-62(3)4)87-70(75)54-47-40-31-26-23-21-19-17-15-14-16-18-20-22-25-29-37-44-51-64(7)9-2/h62-67,72H,8-61H2,1-7H3,(H,77,78)(H,79,80)/t64?,65-,66-,67-/m1/s1. The Morgan fingerprint density at radius 2 is 0.567 bits per heavy atom. The number of esters is 4. The van der Waals surface area contributed by atoms with E-state index >= 15 is 0 Å². The lowest BCUT2D eigenvalue weighted by molar-refractivity contribution is -0.161. The van der Waals surface area contributed by atoms with Crippen LogP contribution in [0.1, 0.15) is 357 Å². The van der Waals surface area contributed by atoms with Crippen molar-refractivity contribution < 1.29 is 80.2 Å². The van der Waals surface area contributed by atoms with Crippen molar-refractivity contribution in [2.24, 2.45) is 17.8 Å². The number of carbonyl (C=O) groups is 4. The molecule has 0 saturated heterocycles. The maximum atomic E-state index is 13.0. The molecule has 0 rings (SSSR count). The van der Waals surface area contributed by atoms with Gasteiger partial charge in [-0.2, -0.15) is 0 Å². The van der Waals surface area contributed by atoms with Gasteiger partial charge in [0.25, 0.3) is 0 Å². The van der Waals surface area contributed by atoms with Crippen molar-refractivity contribution >= 4 is 39.5 Å². The summed E-state index contributed by atoms with van der Waals surface area (Å²) >= 11 is 0. The first-order valence-corrected chi connectivity index (χ1v) is 39.9. The summed E-state index contributed by atoms with van der Waals surface area (Å²) in [5.41, 5.74) is 0. The zero-order valence-electron chi connectivity index (χ0n) is 58.6. The lowest BCUT2D eigenvalue weighted by atomic mass is 9.99. The molecule has 6 atom stereocenters. The Morgan fingerprint density at radius 1 is 0.322 bits per heavy atom. The van der Waals surface area contributed by atoms with E-state index < -0.39 is 97.5 Å². The first-order valence-electron chi connectivity index (χ1n) is 36.9. The van der Waals surface area contributed by atoms with Crippen LogP contribution in [0, 0.1) is 17.8 Å². The highest BCUT2D eigenvalue weighted by atomic mass is 31.2. The van der Waals surface area contributed by atoms with Crippen LogP contribution < -0.4 is 0 Å². The maximum Gasteiger partial charge on any atom is 0.472 e. The fourth-order valence-electron chi connectivity index (χ4n) is 10.7. The van der Waals surface area contributed by atoms with Gasteiger partial charge in [-0.3, -0.25) is 37.3 Å². The molecule has 0 spiro atoms. The van der Waals surface area contributed by atoms with Gasteiger partial charge in [-0.05, 0) is 43.4 Å². The minimum Gasteiger partial charge on any atom is -0.462 e. The molecule has 0 radical (unpaired) electrons. The summed E-state index contributed by atoms with van der Waals surface area (Å²) < 4.78 is 68.1. The largest absolute Gasteiger partial charge is 0.472 e. The van der Waals surface area contributed by atoms with Crippen molar-refractivity contribution in [2.45, 2.75) is 375 Å². The molecule has 0 aromatic carbocycles. The van der Waals surface area contributed by atoms with E-state index in [1.807, 2.05) is 0 Å². The van der Waals surface area contributed by atoms with Crippen molar-refractivity contribution in [1.29, 1.82) is 0 Å². The third-order valence-corrected chi connectivity index (χ3v) is 18.6. The summed E-state index contributed by atoms with van der Waals surface area (Å²) in [5, 5.41) is 10.6. The minimum atomic E-state index is -4.95. The van der Waals surface area contributed by atoms with Crippen molar-refractivity contribution in [3.05, 3.63) is 0 Å². The topological polar surface area (TPSA) is 237 Å². The highest BCUT2D eigenvalue weighted by Crippen LogP contribution is 2.45. The highest BCUT2D eigenvalue weighted by Gasteiger charge is 2.30. The van der Waals surface area contributed by atoms with Gasteiger partial charge in [-0.25, -0.2) is 9.13 Å². The lowest BCUT2D eigenvalue weighted by Gasteiger charge is -2.21. The molecule has 0 fully saturated rings. The Balaban J connectivity index is 5.12. The summed E-state index contributed by atoms with van der Waals surface area (Å²) in [6.45, 7) is 11.8. The summed E-state index contributed by atoms with van der Waals surface area (Å²) in [4.78, 5) is 72.4. The summed E-state index contributed by atoms with van der Waals surface area (Å²) in [5.74, 6) is 0.112. The molecule has 0 aromatic rings. The Kier molecular flexibility index (Phi) is 60.6. The second kappa shape index (κ2) is 61.9. The van der Waals surface area contributed by atoms with Crippen LogP contribution in [-0.4, -0.2) is 96.7 Å². The van der Waals surface area contributed by atoms with Gasteiger partial charge in [-0.1, -0.05) is 305 Å². The monoisotopic (exact) mass is 1320 g/mol. The number of aliphatic hydroxyl groups is 1. The molecule has 0 aliphatic rings. The number of rotatable bonds is 69. The van der Waals surface area contributed by atoms with Crippen LogP contribution in [-0.2, 0) is 65.4 Å².